The van der Waals surface area contributed by atoms with Crippen LogP contribution in [0.3, 0.4) is 0 Å². The van der Waals surface area contributed by atoms with E-state index in [1.165, 1.54) is 10.8 Å². The van der Waals surface area contributed by atoms with Gasteiger partial charge in [0.2, 0.25) is 0 Å². The standard InChI is InChI=1S/C61H33N7O2/c1-62-36-24-28-49-42(31-36)43-32-37(63-2)25-29-50(43)68(49)53-20-11-23-56-58(53)61(44-27-26-38(34-57(44)70-56)66-47-16-5-3-13-40(47)41-14-4-6-17-48(41)66)45-15-12-30-64-59(45)60-46(61)33-39(35-65-60)67-51-18-7-9-21-54(51)69-55-22-10-8-19-52(55)67/h3-35H. The normalized spacial score (nSPS) is 14.8. The van der Waals surface area contributed by atoms with E-state index in [1.54, 1.807) is 0 Å². The molecule has 0 saturated heterocycles. The highest BCUT2D eigenvalue weighted by Gasteiger charge is 2.54. The Kier molecular flexibility index (Phi) is 7.65. The number of ether oxygens (including phenoxy) is 2. The van der Waals surface area contributed by atoms with Crippen LogP contribution in [-0.2, 0) is 5.41 Å². The lowest BCUT2D eigenvalue weighted by molar-refractivity contribution is 0.435. The molecule has 70 heavy (non-hydrogen) atoms. The van der Waals surface area contributed by atoms with Gasteiger partial charge in [-0.3, -0.25) is 9.97 Å². The number of nitrogens with zero attached hydrogens (tertiary/aromatic N) is 7. The van der Waals surface area contributed by atoms with Crippen molar-refractivity contribution in [2.45, 2.75) is 5.41 Å². The number of benzene rings is 8. The molecule has 0 fully saturated rings. The largest absolute Gasteiger partial charge is 0.457 e. The fraction of sp³-hybridized carbons (Fsp3) is 0.0164. The first-order valence-corrected chi connectivity index (χ1v) is 23.0. The van der Waals surface area contributed by atoms with E-state index in [4.69, 9.17) is 32.6 Å². The molecule has 15 rings (SSSR count). The minimum atomic E-state index is -1.04. The summed E-state index contributed by atoms with van der Waals surface area (Å²) < 4.78 is 18.5. The number of hydrogen-bond acceptors (Lipinski definition) is 5. The molecular formula is C61H33N7O2. The fourth-order valence-electron chi connectivity index (χ4n) is 11.7. The van der Waals surface area contributed by atoms with Crippen LogP contribution < -0.4 is 14.4 Å². The van der Waals surface area contributed by atoms with Gasteiger partial charge in [0, 0.05) is 45.4 Å². The third-order valence-corrected chi connectivity index (χ3v) is 14.4. The lowest BCUT2D eigenvalue weighted by atomic mass is 9.65. The summed E-state index contributed by atoms with van der Waals surface area (Å²) in [4.78, 5) is 20.5. The minimum absolute atomic E-state index is 0.525. The first kappa shape index (κ1) is 38.2. The van der Waals surface area contributed by atoms with Crippen molar-refractivity contribution in [1.29, 1.82) is 0 Å². The van der Waals surface area contributed by atoms with Gasteiger partial charge in [-0.2, -0.15) is 0 Å². The van der Waals surface area contributed by atoms with Gasteiger partial charge in [0.1, 0.15) is 11.5 Å². The van der Waals surface area contributed by atoms with Crippen molar-refractivity contribution >= 4 is 72.0 Å². The monoisotopic (exact) mass is 895 g/mol. The van der Waals surface area contributed by atoms with Gasteiger partial charge < -0.3 is 23.5 Å². The van der Waals surface area contributed by atoms with E-state index >= 15 is 0 Å². The zero-order chi connectivity index (χ0) is 46.2. The van der Waals surface area contributed by atoms with Crippen LogP contribution in [0.1, 0.15) is 22.3 Å². The summed E-state index contributed by atoms with van der Waals surface area (Å²) in [6.07, 6.45) is 3.80. The molecule has 0 radical (unpaired) electrons. The summed E-state index contributed by atoms with van der Waals surface area (Å²) in [6, 6.07) is 64.4. The molecule has 0 bridgehead atoms. The van der Waals surface area contributed by atoms with Crippen LogP contribution >= 0.6 is 0 Å². The second kappa shape index (κ2) is 14.0. The average molecular weight is 896 g/mol. The maximum absolute atomic E-state index is 7.96. The smallest absolute Gasteiger partial charge is 0.188 e. The average Bonchev–Trinajstić information content (AvgIpc) is 4.04. The van der Waals surface area contributed by atoms with Crippen molar-refractivity contribution in [2.24, 2.45) is 0 Å². The zero-order valence-corrected chi connectivity index (χ0v) is 37.0. The van der Waals surface area contributed by atoms with Crippen LogP contribution in [-0.4, -0.2) is 19.1 Å². The van der Waals surface area contributed by atoms with Crippen molar-refractivity contribution in [2.75, 3.05) is 4.90 Å². The molecule has 9 nitrogen and oxygen atoms in total. The topological polar surface area (TPSA) is 66.1 Å². The van der Waals surface area contributed by atoms with Gasteiger partial charge in [0.05, 0.1) is 81.0 Å². The molecule has 2 aliphatic heterocycles. The summed E-state index contributed by atoms with van der Waals surface area (Å²) in [5.41, 5.74) is 13.9. The Hall–Kier alpha value is -9.96. The number of aromatic nitrogens is 4. The van der Waals surface area contributed by atoms with Crippen molar-refractivity contribution in [3.8, 4) is 45.8 Å². The molecule has 8 aromatic carbocycles. The summed E-state index contributed by atoms with van der Waals surface area (Å²) in [6.45, 7) is 15.9. The lowest BCUT2D eigenvalue weighted by Gasteiger charge is -2.41. The third kappa shape index (κ3) is 4.96. The Bertz CT molecular complexity index is 4210. The summed E-state index contributed by atoms with van der Waals surface area (Å²) >= 11 is 0. The van der Waals surface area contributed by atoms with Crippen LogP contribution in [0.25, 0.3) is 76.1 Å². The van der Waals surface area contributed by atoms with Gasteiger partial charge >= 0.3 is 0 Å². The maximum Gasteiger partial charge on any atom is 0.188 e. The highest BCUT2D eigenvalue weighted by atomic mass is 16.5. The first-order valence-electron chi connectivity index (χ1n) is 23.0. The van der Waals surface area contributed by atoms with E-state index in [2.05, 4.69) is 133 Å². The third-order valence-electron chi connectivity index (χ3n) is 14.4. The SMILES string of the molecule is [C-]#[N+]c1ccc2c(c1)c1cc([N+]#[C-])ccc1n2-c1cccc2c1C1(c3ccc(-n4c5ccccc5c5ccccc54)cc3O2)c2cccnc2-c2ncc(N3c4ccccc4Oc4ccccc43)cc21. The predicted octanol–water partition coefficient (Wildman–Crippen LogP) is 15.8. The highest BCUT2D eigenvalue weighted by molar-refractivity contribution is 6.12. The van der Waals surface area contributed by atoms with E-state index in [1.807, 2.05) is 91.3 Å². The van der Waals surface area contributed by atoms with Crippen molar-refractivity contribution in [3.63, 3.8) is 0 Å². The fourth-order valence-corrected chi connectivity index (χ4v) is 11.7. The number of hydrogen-bond donors (Lipinski definition) is 0. The van der Waals surface area contributed by atoms with Crippen LogP contribution in [0.2, 0.25) is 0 Å². The molecule has 324 valence electrons. The van der Waals surface area contributed by atoms with Crippen molar-refractivity contribution in [3.05, 3.63) is 246 Å². The zero-order valence-electron chi connectivity index (χ0n) is 37.0. The Morgan fingerprint density at radius 1 is 0.414 bits per heavy atom. The minimum Gasteiger partial charge on any atom is -0.457 e. The maximum atomic E-state index is 7.96. The highest BCUT2D eigenvalue weighted by Crippen LogP contribution is 2.64. The van der Waals surface area contributed by atoms with Crippen LogP contribution in [0.5, 0.6) is 23.0 Å². The molecule has 0 amide bonds. The summed E-state index contributed by atoms with van der Waals surface area (Å²) in [5.74, 6) is 2.89. The quantitative estimate of drug-likeness (QED) is 0.165. The Morgan fingerprint density at radius 3 is 1.69 bits per heavy atom. The van der Waals surface area contributed by atoms with E-state index in [9.17, 15) is 0 Å². The number of pyridine rings is 2. The van der Waals surface area contributed by atoms with Gasteiger partial charge in [-0.25, -0.2) is 9.69 Å². The van der Waals surface area contributed by atoms with Crippen LogP contribution in [0.15, 0.2) is 200 Å². The van der Waals surface area contributed by atoms with Gasteiger partial charge in [-0.1, -0.05) is 91.0 Å². The molecule has 0 saturated carbocycles. The molecule has 3 aliphatic rings. The Balaban J connectivity index is 1.07. The summed E-state index contributed by atoms with van der Waals surface area (Å²) in [5, 5.41) is 4.12. The Morgan fingerprint density at radius 2 is 1.00 bits per heavy atom. The van der Waals surface area contributed by atoms with E-state index in [0.29, 0.717) is 22.9 Å². The second-order valence-electron chi connectivity index (χ2n) is 17.9. The molecule has 9 heteroatoms. The molecule has 1 aliphatic carbocycles. The van der Waals surface area contributed by atoms with Gasteiger partial charge in [-0.15, -0.1) is 0 Å². The number of para-hydroxylation sites is 6. The van der Waals surface area contributed by atoms with Crippen LogP contribution in [0, 0.1) is 13.1 Å². The molecule has 12 aromatic rings. The molecule has 6 heterocycles. The van der Waals surface area contributed by atoms with Crippen LogP contribution in [0.4, 0.5) is 28.4 Å². The molecule has 1 unspecified atom stereocenters. The molecule has 0 N–H and O–H groups in total. The molecule has 1 atom stereocenters. The Labute approximate surface area is 400 Å². The lowest BCUT2D eigenvalue weighted by Crippen LogP contribution is -2.34. The van der Waals surface area contributed by atoms with Crippen molar-refractivity contribution < 1.29 is 9.47 Å². The molecular weight excluding hydrogens is 863 g/mol. The summed E-state index contributed by atoms with van der Waals surface area (Å²) in [7, 11) is 0. The van der Waals surface area contributed by atoms with Gasteiger partial charge in [-0.05, 0) is 107 Å². The van der Waals surface area contributed by atoms with Gasteiger partial charge in [0.15, 0.2) is 22.9 Å². The molecule has 1 spiro atoms. The number of rotatable bonds is 3. The first-order chi connectivity index (χ1) is 34.6. The predicted molar refractivity (Wildman–Crippen MR) is 275 cm³/mol. The van der Waals surface area contributed by atoms with E-state index < -0.39 is 5.41 Å². The number of fused-ring (bicyclic) bond motifs is 17. The molecule has 4 aromatic heterocycles. The van der Waals surface area contributed by atoms with Crippen molar-refractivity contribution in [1.82, 2.24) is 19.1 Å². The van der Waals surface area contributed by atoms with E-state index in [-0.39, 0.29) is 0 Å². The van der Waals surface area contributed by atoms with Gasteiger partial charge in [0.25, 0.3) is 0 Å². The second-order valence-corrected chi connectivity index (χ2v) is 17.9. The number of anilines is 3. The van der Waals surface area contributed by atoms with E-state index in [0.717, 1.165) is 106 Å².